The van der Waals surface area contributed by atoms with Gasteiger partial charge in [0.15, 0.2) is 11.8 Å². The Morgan fingerprint density at radius 3 is 2.54 bits per heavy atom. The number of fused-ring (bicyclic) bond motifs is 3. The summed E-state index contributed by atoms with van der Waals surface area (Å²) in [4.78, 5) is 12.5. The van der Waals surface area contributed by atoms with Gasteiger partial charge in [0.1, 0.15) is 11.9 Å². The minimum absolute atomic E-state index is 0.0516. The topological polar surface area (TPSA) is 78.5 Å². The predicted octanol–water partition coefficient (Wildman–Crippen LogP) is 6.04. The molecule has 2 aliphatic rings. The SMILES string of the molecule is COc1ccc2cc(-c3ccc(-c4nc5nc(OC6CO[C@@H]7CCO[C@H]67)[nH]c5cc4Cl)cc3)ccc2c1. The van der Waals surface area contributed by atoms with Gasteiger partial charge in [-0.15, -0.1) is 0 Å². The quantitative estimate of drug-likeness (QED) is 0.308. The summed E-state index contributed by atoms with van der Waals surface area (Å²) in [6.45, 7) is 1.19. The highest BCUT2D eigenvalue weighted by Crippen LogP contribution is 2.33. The van der Waals surface area contributed by atoms with Crippen LogP contribution in [0.2, 0.25) is 5.02 Å². The minimum atomic E-state index is -0.187. The van der Waals surface area contributed by atoms with E-state index in [1.165, 1.54) is 0 Å². The Morgan fingerprint density at radius 2 is 1.68 bits per heavy atom. The minimum Gasteiger partial charge on any atom is -0.497 e. The molecule has 5 aromatic rings. The van der Waals surface area contributed by atoms with E-state index in [1.54, 1.807) is 7.11 Å². The van der Waals surface area contributed by atoms with Gasteiger partial charge in [0, 0.05) is 12.2 Å². The van der Waals surface area contributed by atoms with Gasteiger partial charge < -0.3 is 23.9 Å². The maximum Gasteiger partial charge on any atom is 0.296 e. The van der Waals surface area contributed by atoms with Gasteiger partial charge in [0.05, 0.1) is 36.1 Å². The van der Waals surface area contributed by atoms with Crippen molar-refractivity contribution >= 4 is 33.5 Å². The zero-order valence-electron chi connectivity index (χ0n) is 20.1. The molecule has 2 saturated heterocycles. The van der Waals surface area contributed by atoms with Crippen molar-refractivity contribution in [3.63, 3.8) is 0 Å². The number of ether oxygens (including phenoxy) is 4. The Hall–Kier alpha value is -3.65. The van der Waals surface area contributed by atoms with Gasteiger partial charge in [-0.2, -0.15) is 4.98 Å². The number of aromatic amines is 1. The lowest BCUT2D eigenvalue weighted by atomic mass is 9.99. The zero-order chi connectivity index (χ0) is 24.9. The first-order chi connectivity index (χ1) is 18.1. The van der Waals surface area contributed by atoms with Gasteiger partial charge in [-0.25, -0.2) is 4.98 Å². The second-order valence-electron chi connectivity index (χ2n) is 9.39. The molecule has 4 heterocycles. The van der Waals surface area contributed by atoms with E-state index in [2.05, 4.69) is 46.4 Å². The molecule has 0 amide bonds. The molecule has 3 atom stereocenters. The summed E-state index contributed by atoms with van der Waals surface area (Å²) in [6, 6.07) is 23.0. The van der Waals surface area contributed by atoms with Crippen molar-refractivity contribution in [1.29, 1.82) is 0 Å². The van der Waals surface area contributed by atoms with Crippen LogP contribution in [-0.4, -0.2) is 53.6 Å². The number of rotatable bonds is 5. The maximum absolute atomic E-state index is 6.64. The number of aromatic nitrogens is 3. The molecule has 37 heavy (non-hydrogen) atoms. The molecule has 7 rings (SSSR count). The lowest BCUT2D eigenvalue weighted by Crippen LogP contribution is -2.32. The summed E-state index contributed by atoms with van der Waals surface area (Å²) in [7, 11) is 1.68. The number of halogens is 1. The number of hydrogen-bond donors (Lipinski definition) is 1. The van der Waals surface area contributed by atoms with Gasteiger partial charge in [-0.1, -0.05) is 54.1 Å². The summed E-state index contributed by atoms with van der Waals surface area (Å²) < 4.78 is 22.9. The van der Waals surface area contributed by atoms with E-state index in [9.17, 15) is 0 Å². The monoisotopic (exact) mass is 513 g/mol. The Kier molecular flexibility index (Phi) is 5.50. The van der Waals surface area contributed by atoms with Crippen LogP contribution in [-0.2, 0) is 9.47 Å². The Bertz CT molecular complexity index is 1620. The van der Waals surface area contributed by atoms with Crippen LogP contribution in [0.1, 0.15) is 6.42 Å². The number of nitrogens with zero attached hydrogens (tertiary/aromatic N) is 2. The highest BCUT2D eigenvalue weighted by atomic mass is 35.5. The maximum atomic E-state index is 6.64. The lowest BCUT2D eigenvalue weighted by Gasteiger charge is -2.15. The zero-order valence-corrected chi connectivity index (χ0v) is 20.9. The molecule has 8 heteroatoms. The molecule has 2 fully saturated rings. The van der Waals surface area contributed by atoms with Crippen LogP contribution in [0, 0.1) is 0 Å². The van der Waals surface area contributed by atoms with Crippen LogP contribution >= 0.6 is 11.6 Å². The number of H-pyrrole nitrogens is 1. The molecule has 7 nitrogen and oxygen atoms in total. The smallest absolute Gasteiger partial charge is 0.296 e. The van der Waals surface area contributed by atoms with Gasteiger partial charge >= 0.3 is 0 Å². The van der Waals surface area contributed by atoms with E-state index in [0.29, 0.717) is 35.6 Å². The first-order valence-corrected chi connectivity index (χ1v) is 12.7. The fourth-order valence-electron chi connectivity index (χ4n) is 5.18. The molecule has 1 N–H and O–H groups in total. The van der Waals surface area contributed by atoms with Crippen molar-refractivity contribution in [2.24, 2.45) is 0 Å². The van der Waals surface area contributed by atoms with Crippen molar-refractivity contribution in [2.45, 2.75) is 24.7 Å². The number of imidazole rings is 1. The van der Waals surface area contributed by atoms with Crippen molar-refractivity contribution in [3.8, 4) is 34.1 Å². The summed E-state index contributed by atoms with van der Waals surface area (Å²) in [6.07, 6.45) is 0.770. The average molecular weight is 514 g/mol. The van der Waals surface area contributed by atoms with Crippen molar-refractivity contribution in [3.05, 3.63) is 71.8 Å². The molecular formula is C29H24ClN3O4. The van der Waals surface area contributed by atoms with Crippen LogP contribution in [0.3, 0.4) is 0 Å². The molecule has 0 bridgehead atoms. The molecule has 0 spiro atoms. The second kappa shape index (κ2) is 9.03. The van der Waals surface area contributed by atoms with Crippen LogP contribution in [0.15, 0.2) is 66.7 Å². The third-order valence-corrected chi connectivity index (χ3v) is 7.42. The van der Waals surface area contributed by atoms with Gasteiger partial charge in [-0.05, 0) is 52.6 Å². The van der Waals surface area contributed by atoms with E-state index in [4.69, 9.17) is 35.5 Å². The molecule has 2 aliphatic heterocycles. The largest absolute Gasteiger partial charge is 0.497 e. The lowest BCUT2D eigenvalue weighted by molar-refractivity contribution is 0.0273. The van der Waals surface area contributed by atoms with Gasteiger partial charge in [0.25, 0.3) is 6.01 Å². The van der Waals surface area contributed by atoms with Gasteiger partial charge in [-0.3, -0.25) is 0 Å². The molecular weight excluding hydrogens is 490 g/mol. The molecule has 0 saturated carbocycles. The van der Waals surface area contributed by atoms with Crippen molar-refractivity contribution in [2.75, 3.05) is 20.3 Å². The molecule has 0 aliphatic carbocycles. The third kappa shape index (κ3) is 4.09. The molecule has 1 unspecified atom stereocenters. The Morgan fingerprint density at radius 1 is 0.892 bits per heavy atom. The van der Waals surface area contributed by atoms with Crippen molar-refractivity contribution in [1.82, 2.24) is 15.0 Å². The number of hydrogen-bond acceptors (Lipinski definition) is 6. The average Bonchev–Trinajstić information content (AvgIpc) is 3.65. The van der Waals surface area contributed by atoms with Crippen LogP contribution in [0.5, 0.6) is 11.8 Å². The molecule has 3 aromatic carbocycles. The summed E-state index contributed by atoms with van der Waals surface area (Å²) >= 11 is 6.64. The van der Waals surface area contributed by atoms with E-state index in [-0.39, 0.29) is 18.3 Å². The van der Waals surface area contributed by atoms with E-state index in [1.807, 2.05) is 30.3 Å². The Balaban J connectivity index is 1.15. The second-order valence-corrected chi connectivity index (χ2v) is 9.80. The van der Waals surface area contributed by atoms with E-state index < -0.39 is 0 Å². The number of pyridine rings is 1. The molecule has 2 aromatic heterocycles. The third-order valence-electron chi connectivity index (χ3n) is 7.13. The first kappa shape index (κ1) is 22.5. The summed E-state index contributed by atoms with van der Waals surface area (Å²) in [5.41, 5.74) is 5.10. The fourth-order valence-corrected chi connectivity index (χ4v) is 5.44. The summed E-state index contributed by atoms with van der Waals surface area (Å²) in [5, 5.41) is 2.84. The molecule has 186 valence electrons. The fraction of sp³-hybridized carbons (Fsp3) is 0.241. The predicted molar refractivity (Wildman–Crippen MR) is 142 cm³/mol. The Labute approximate surface area is 218 Å². The normalized spacial score (nSPS) is 21.0. The van der Waals surface area contributed by atoms with E-state index >= 15 is 0 Å². The highest BCUT2D eigenvalue weighted by Gasteiger charge is 2.43. The van der Waals surface area contributed by atoms with Crippen LogP contribution < -0.4 is 9.47 Å². The summed E-state index contributed by atoms with van der Waals surface area (Å²) in [5.74, 6) is 0.852. The van der Waals surface area contributed by atoms with Crippen LogP contribution in [0.25, 0.3) is 44.3 Å². The van der Waals surface area contributed by atoms with Gasteiger partial charge in [0.2, 0.25) is 0 Å². The number of nitrogens with one attached hydrogen (secondary N) is 1. The number of methoxy groups -OCH3 is 1. The molecule has 0 radical (unpaired) electrons. The standard InChI is InChI=1S/C29H24ClN3O4/c1-34-21-9-8-19-12-18(6-7-20(19)13-21)16-2-4-17(5-3-16)26-22(30)14-23-28(32-26)33-29(31-23)37-25-15-36-24-10-11-35-27(24)25/h2-9,12-14,24-25,27H,10-11,15H2,1H3,(H,31,32,33)/t24-,25?,27+/m1/s1. The van der Waals surface area contributed by atoms with Crippen molar-refractivity contribution < 1.29 is 18.9 Å². The highest BCUT2D eigenvalue weighted by molar-refractivity contribution is 6.33. The first-order valence-electron chi connectivity index (χ1n) is 12.3. The number of benzene rings is 3. The van der Waals surface area contributed by atoms with Crippen LogP contribution in [0.4, 0.5) is 0 Å². The van der Waals surface area contributed by atoms with E-state index in [0.717, 1.165) is 45.1 Å².